The predicted octanol–water partition coefficient (Wildman–Crippen LogP) is 3.61. The summed E-state index contributed by atoms with van der Waals surface area (Å²) in [7, 11) is 0. The van der Waals surface area contributed by atoms with Crippen molar-refractivity contribution in [3.05, 3.63) is 0 Å². The first kappa shape index (κ1) is 12.2. The number of carbonyl (C=O) groups excluding carboxylic acids is 1. The third kappa shape index (κ3) is 5.57. The first-order valence-electron chi connectivity index (χ1n) is 6.21. The fourth-order valence-electron chi connectivity index (χ4n) is 2.35. The van der Waals surface area contributed by atoms with E-state index in [0.29, 0.717) is 18.1 Å². The summed E-state index contributed by atoms with van der Waals surface area (Å²) in [5.74, 6) is 1.14. The van der Waals surface area contributed by atoms with Gasteiger partial charge >= 0.3 is 0 Å². The molecule has 0 aromatic heterocycles. The van der Waals surface area contributed by atoms with Gasteiger partial charge in [-0.3, -0.25) is 4.79 Å². The second kappa shape index (κ2) is 7.45. The fraction of sp³-hybridized carbons (Fsp3) is 0.846. The number of unbranched alkanes of at least 4 members (excludes halogenated alkanes) is 4. The Morgan fingerprint density at radius 2 is 2.07 bits per heavy atom. The minimum atomic E-state index is 0.468. The monoisotopic (exact) mass is 207 g/mol. The second-order valence-electron chi connectivity index (χ2n) is 4.61. The van der Waals surface area contributed by atoms with Crippen LogP contribution in [0.15, 0.2) is 0 Å². The number of nitriles is 1. The van der Waals surface area contributed by atoms with Crippen LogP contribution < -0.4 is 0 Å². The maximum Gasteiger partial charge on any atom is 0.133 e. The minimum Gasteiger partial charge on any atom is -0.300 e. The Bertz CT molecular complexity index is 229. The van der Waals surface area contributed by atoms with Gasteiger partial charge in [-0.2, -0.15) is 5.26 Å². The number of nitrogens with zero attached hydrogens (tertiary/aromatic N) is 1. The van der Waals surface area contributed by atoms with Crippen molar-refractivity contribution < 1.29 is 4.79 Å². The molecule has 0 unspecified atom stereocenters. The van der Waals surface area contributed by atoms with Gasteiger partial charge in [-0.15, -0.1) is 0 Å². The minimum absolute atomic E-state index is 0.468. The maximum atomic E-state index is 11.2. The topological polar surface area (TPSA) is 40.9 Å². The average molecular weight is 207 g/mol. The van der Waals surface area contributed by atoms with Crippen LogP contribution in [-0.2, 0) is 4.79 Å². The van der Waals surface area contributed by atoms with Crippen molar-refractivity contribution in [2.75, 3.05) is 0 Å². The molecule has 1 aliphatic carbocycles. The summed E-state index contributed by atoms with van der Waals surface area (Å²) in [4.78, 5) is 11.2. The molecule has 15 heavy (non-hydrogen) atoms. The molecule has 1 atom stereocenters. The van der Waals surface area contributed by atoms with E-state index in [1.165, 1.54) is 32.1 Å². The number of ketones is 1. The lowest BCUT2D eigenvalue weighted by atomic mass is 9.85. The van der Waals surface area contributed by atoms with Gasteiger partial charge < -0.3 is 0 Å². The van der Waals surface area contributed by atoms with E-state index < -0.39 is 0 Å². The number of rotatable bonds is 6. The summed E-state index contributed by atoms with van der Waals surface area (Å²) in [6.45, 7) is 0. The Morgan fingerprint density at radius 3 is 2.80 bits per heavy atom. The van der Waals surface area contributed by atoms with Crippen LogP contribution in [0.2, 0.25) is 0 Å². The van der Waals surface area contributed by atoms with Crippen LogP contribution in [0.25, 0.3) is 0 Å². The average Bonchev–Trinajstić information content (AvgIpc) is 2.23. The molecule has 1 saturated carbocycles. The van der Waals surface area contributed by atoms with Crippen molar-refractivity contribution in [1.29, 1.82) is 5.26 Å². The van der Waals surface area contributed by atoms with Gasteiger partial charge in [0, 0.05) is 19.3 Å². The standard InChI is InChI=1S/C13H21NO/c14-10-5-3-1-2-4-7-12-8-6-9-13(15)11-12/h12H,1-9,11H2/t12-/m0/s1. The molecule has 0 aliphatic heterocycles. The highest BCUT2D eigenvalue weighted by Crippen LogP contribution is 2.26. The molecule has 0 N–H and O–H groups in total. The van der Waals surface area contributed by atoms with E-state index in [1.807, 2.05) is 0 Å². The molecule has 1 aliphatic rings. The Kier molecular flexibility index (Phi) is 6.08. The lowest BCUT2D eigenvalue weighted by Crippen LogP contribution is -2.14. The predicted molar refractivity (Wildman–Crippen MR) is 60.3 cm³/mol. The van der Waals surface area contributed by atoms with Gasteiger partial charge in [0.05, 0.1) is 6.07 Å². The molecule has 0 saturated heterocycles. The summed E-state index contributed by atoms with van der Waals surface area (Å²) < 4.78 is 0. The highest BCUT2D eigenvalue weighted by molar-refractivity contribution is 5.79. The number of Topliss-reactive ketones (excluding diaryl/α,β-unsaturated/α-hetero) is 1. The summed E-state index contributed by atoms with van der Waals surface area (Å²) in [5.41, 5.74) is 0. The smallest absolute Gasteiger partial charge is 0.133 e. The SMILES string of the molecule is N#CCCCCCC[C@H]1CCCC(=O)C1. The summed E-state index contributed by atoms with van der Waals surface area (Å²) in [5, 5.41) is 8.37. The first-order valence-corrected chi connectivity index (χ1v) is 6.21. The molecule has 84 valence electrons. The largest absolute Gasteiger partial charge is 0.300 e. The summed E-state index contributed by atoms with van der Waals surface area (Å²) >= 11 is 0. The van der Waals surface area contributed by atoms with E-state index >= 15 is 0 Å². The molecule has 0 aromatic rings. The Morgan fingerprint density at radius 1 is 1.27 bits per heavy atom. The van der Waals surface area contributed by atoms with Crippen molar-refractivity contribution in [3.63, 3.8) is 0 Å². The van der Waals surface area contributed by atoms with Crippen LogP contribution in [0.4, 0.5) is 0 Å². The molecule has 2 heteroatoms. The van der Waals surface area contributed by atoms with Gasteiger partial charge in [0.2, 0.25) is 0 Å². The van der Waals surface area contributed by atoms with Crippen LogP contribution in [0, 0.1) is 17.2 Å². The zero-order valence-electron chi connectivity index (χ0n) is 9.50. The first-order chi connectivity index (χ1) is 7.33. The van der Waals surface area contributed by atoms with Gasteiger partial charge in [-0.05, 0) is 25.2 Å². The Hall–Kier alpha value is -0.840. The molecule has 1 fully saturated rings. The Balaban J connectivity index is 1.95. The zero-order chi connectivity index (χ0) is 10.9. The molecule has 0 bridgehead atoms. The molecule has 0 heterocycles. The van der Waals surface area contributed by atoms with Crippen LogP contribution in [0.1, 0.15) is 64.2 Å². The van der Waals surface area contributed by atoms with Gasteiger partial charge in [0.15, 0.2) is 0 Å². The van der Waals surface area contributed by atoms with E-state index in [0.717, 1.165) is 25.7 Å². The maximum absolute atomic E-state index is 11.2. The molecule has 1 rings (SSSR count). The van der Waals surface area contributed by atoms with Gasteiger partial charge in [-0.25, -0.2) is 0 Å². The summed E-state index contributed by atoms with van der Waals surface area (Å²) in [6.07, 6.45) is 10.6. The number of carbonyl (C=O) groups is 1. The normalized spacial score (nSPS) is 21.3. The lowest BCUT2D eigenvalue weighted by Gasteiger charge is -2.20. The second-order valence-corrected chi connectivity index (χ2v) is 4.61. The van der Waals surface area contributed by atoms with Gasteiger partial charge in [0.25, 0.3) is 0 Å². The van der Waals surface area contributed by atoms with E-state index in [9.17, 15) is 4.79 Å². The van der Waals surface area contributed by atoms with Crippen LogP contribution in [0.3, 0.4) is 0 Å². The molecular formula is C13H21NO. The molecule has 2 nitrogen and oxygen atoms in total. The van der Waals surface area contributed by atoms with E-state index in [4.69, 9.17) is 5.26 Å². The zero-order valence-corrected chi connectivity index (χ0v) is 9.50. The van der Waals surface area contributed by atoms with Crippen LogP contribution in [0.5, 0.6) is 0 Å². The quantitative estimate of drug-likeness (QED) is 0.624. The van der Waals surface area contributed by atoms with Crippen molar-refractivity contribution >= 4 is 5.78 Å². The van der Waals surface area contributed by atoms with Gasteiger partial charge in [0.1, 0.15) is 5.78 Å². The number of hydrogen-bond donors (Lipinski definition) is 0. The highest BCUT2D eigenvalue weighted by atomic mass is 16.1. The van der Waals surface area contributed by atoms with Crippen molar-refractivity contribution in [3.8, 4) is 6.07 Å². The molecule has 0 amide bonds. The molecular weight excluding hydrogens is 186 g/mol. The van der Waals surface area contributed by atoms with E-state index in [-0.39, 0.29) is 0 Å². The summed E-state index contributed by atoms with van der Waals surface area (Å²) in [6, 6.07) is 2.17. The van der Waals surface area contributed by atoms with Crippen LogP contribution >= 0.6 is 0 Å². The lowest BCUT2D eigenvalue weighted by molar-refractivity contribution is -0.121. The number of hydrogen-bond acceptors (Lipinski definition) is 2. The molecule has 0 spiro atoms. The van der Waals surface area contributed by atoms with Crippen molar-refractivity contribution in [1.82, 2.24) is 0 Å². The Labute approximate surface area is 92.7 Å². The third-order valence-electron chi connectivity index (χ3n) is 3.24. The highest BCUT2D eigenvalue weighted by Gasteiger charge is 2.18. The molecule has 0 aromatic carbocycles. The van der Waals surface area contributed by atoms with Crippen molar-refractivity contribution in [2.24, 2.45) is 5.92 Å². The van der Waals surface area contributed by atoms with Crippen LogP contribution in [-0.4, -0.2) is 5.78 Å². The van der Waals surface area contributed by atoms with Gasteiger partial charge in [-0.1, -0.05) is 25.7 Å². The third-order valence-corrected chi connectivity index (χ3v) is 3.24. The fourth-order valence-corrected chi connectivity index (χ4v) is 2.35. The van der Waals surface area contributed by atoms with E-state index in [2.05, 4.69) is 6.07 Å². The van der Waals surface area contributed by atoms with E-state index in [1.54, 1.807) is 0 Å². The van der Waals surface area contributed by atoms with Crippen molar-refractivity contribution in [2.45, 2.75) is 64.2 Å². The molecule has 0 radical (unpaired) electrons.